The maximum absolute atomic E-state index is 10.6. The third kappa shape index (κ3) is 6.52. The van der Waals surface area contributed by atoms with Crippen LogP contribution in [0.3, 0.4) is 0 Å². The number of hydrogen-bond donors (Lipinski definition) is 0. The summed E-state index contributed by atoms with van der Waals surface area (Å²) in [6.07, 6.45) is 0. The Morgan fingerprint density at radius 3 is 2.30 bits per heavy atom. The highest BCUT2D eigenvalue weighted by molar-refractivity contribution is 8.14. The molecule has 0 saturated heterocycles. The zero-order valence-corrected chi connectivity index (χ0v) is 7.96. The summed E-state index contributed by atoms with van der Waals surface area (Å²) < 4.78 is 4.29. The summed E-state index contributed by atoms with van der Waals surface area (Å²) in [5, 5.41) is -0.440. The van der Waals surface area contributed by atoms with Crippen molar-refractivity contribution in [2.75, 3.05) is 0 Å². The van der Waals surface area contributed by atoms with Gasteiger partial charge in [0, 0.05) is 0 Å². The van der Waals surface area contributed by atoms with Crippen LogP contribution in [0, 0.1) is 0 Å². The van der Waals surface area contributed by atoms with Crippen LogP contribution in [0.1, 0.15) is 13.8 Å². The summed E-state index contributed by atoms with van der Waals surface area (Å²) in [5.74, 6) is 0. The Balaban J connectivity index is 3.44. The molecule has 2 atom stereocenters. The summed E-state index contributed by atoms with van der Waals surface area (Å²) in [7, 11) is 0. The smallest absolute Gasteiger partial charge is 0.370 e. The van der Waals surface area contributed by atoms with Crippen LogP contribution in [0.5, 0.6) is 0 Å². The van der Waals surface area contributed by atoms with E-state index in [-0.39, 0.29) is 4.71 Å². The number of ether oxygens (including phenoxy) is 1. The van der Waals surface area contributed by atoms with Crippen LogP contribution < -0.4 is 0 Å². The van der Waals surface area contributed by atoms with Crippen molar-refractivity contribution in [2.24, 2.45) is 0 Å². The van der Waals surface area contributed by atoms with Gasteiger partial charge < -0.3 is 4.74 Å². The predicted octanol–water partition coefficient (Wildman–Crippen LogP) is 3.03. The highest BCUT2D eigenvalue weighted by Crippen LogP contribution is 2.18. The summed E-state index contributed by atoms with van der Waals surface area (Å²) in [6, 6.07) is 0. The van der Waals surface area contributed by atoms with Crippen molar-refractivity contribution in [3.63, 3.8) is 0 Å². The molecule has 2 nitrogen and oxygen atoms in total. The molecule has 0 aromatic carbocycles. The summed E-state index contributed by atoms with van der Waals surface area (Å²) in [4.78, 5) is 10.6. The average Bonchev–Trinajstić information content (AvgIpc) is 1.58. The molecule has 0 aromatic rings. The number of rotatable bonds is 2. The lowest BCUT2D eigenvalue weighted by atomic mass is 10.9. The minimum Gasteiger partial charge on any atom is -0.438 e. The lowest BCUT2D eigenvalue weighted by Crippen LogP contribution is -2.05. The Bertz CT molecular complexity index is 104. The first kappa shape index (κ1) is 10.4. The SMILES string of the molecule is CC(Cl)OC(=O)SC(C)Cl. The first-order chi connectivity index (χ1) is 4.52. The third-order valence-corrected chi connectivity index (χ3v) is 1.49. The van der Waals surface area contributed by atoms with Crippen molar-refractivity contribution in [2.45, 2.75) is 24.1 Å². The third-order valence-electron chi connectivity index (χ3n) is 0.517. The molecule has 0 bridgehead atoms. The van der Waals surface area contributed by atoms with Gasteiger partial charge in [0.15, 0.2) is 5.56 Å². The molecular formula is C5H8Cl2O2S. The van der Waals surface area contributed by atoms with Crippen LogP contribution in [0.4, 0.5) is 4.79 Å². The maximum Gasteiger partial charge on any atom is 0.370 e. The number of carbonyl (C=O) groups is 1. The van der Waals surface area contributed by atoms with E-state index in [4.69, 9.17) is 23.2 Å². The molecule has 0 fully saturated rings. The van der Waals surface area contributed by atoms with E-state index in [0.717, 1.165) is 11.8 Å². The van der Waals surface area contributed by atoms with Crippen molar-refractivity contribution in [3.8, 4) is 0 Å². The van der Waals surface area contributed by atoms with E-state index in [9.17, 15) is 4.79 Å². The zero-order chi connectivity index (χ0) is 8.15. The van der Waals surface area contributed by atoms with E-state index in [0.29, 0.717) is 0 Å². The molecule has 0 radical (unpaired) electrons. The van der Waals surface area contributed by atoms with E-state index in [1.807, 2.05) is 0 Å². The lowest BCUT2D eigenvalue weighted by molar-refractivity contribution is 0.168. The molecule has 10 heavy (non-hydrogen) atoms. The van der Waals surface area contributed by atoms with Crippen LogP contribution >= 0.6 is 35.0 Å². The van der Waals surface area contributed by atoms with Gasteiger partial charge in [0.05, 0.1) is 4.71 Å². The fraction of sp³-hybridized carbons (Fsp3) is 0.800. The van der Waals surface area contributed by atoms with Crippen molar-refractivity contribution >= 4 is 40.3 Å². The molecule has 0 amide bonds. The van der Waals surface area contributed by atoms with Crippen LogP contribution in [-0.4, -0.2) is 15.6 Å². The molecule has 60 valence electrons. The normalized spacial score (nSPS) is 16.0. The Kier molecular flexibility index (Phi) is 5.31. The fourth-order valence-electron chi connectivity index (χ4n) is 0.293. The van der Waals surface area contributed by atoms with Crippen LogP contribution in [0.15, 0.2) is 0 Å². The molecule has 0 spiro atoms. The van der Waals surface area contributed by atoms with Gasteiger partial charge in [-0.25, -0.2) is 4.79 Å². The van der Waals surface area contributed by atoms with Gasteiger partial charge in [-0.2, -0.15) is 0 Å². The van der Waals surface area contributed by atoms with Gasteiger partial charge in [-0.15, -0.1) is 11.6 Å². The molecule has 0 aliphatic heterocycles. The Hall–Kier alpha value is 0.400. The lowest BCUT2D eigenvalue weighted by Gasteiger charge is -2.05. The molecule has 0 aromatic heterocycles. The van der Waals surface area contributed by atoms with Gasteiger partial charge in [0.2, 0.25) is 0 Å². The zero-order valence-electron chi connectivity index (χ0n) is 5.64. The first-order valence-corrected chi connectivity index (χ1v) is 4.43. The molecule has 0 saturated carbocycles. The van der Waals surface area contributed by atoms with E-state index in [2.05, 4.69) is 4.74 Å². The van der Waals surface area contributed by atoms with Gasteiger partial charge in [0.25, 0.3) is 0 Å². The number of halogens is 2. The highest BCUT2D eigenvalue weighted by atomic mass is 35.5. The van der Waals surface area contributed by atoms with Gasteiger partial charge in [-0.3, -0.25) is 0 Å². The Labute approximate surface area is 74.2 Å². The largest absolute Gasteiger partial charge is 0.438 e. The molecular weight excluding hydrogens is 195 g/mol. The monoisotopic (exact) mass is 202 g/mol. The average molecular weight is 203 g/mol. The molecule has 0 N–H and O–H groups in total. The van der Waals surface area contributed by atoms with Crippen molar-refractivity contribution < 1.29 is 9.53 Å². The van der Waals surface area contributed by atoms with Crippen molar-refractivity contribution in [3.05, 3.63) is 0 Å². The predicted molar refractivity (Wildman–Crippen MR) is 44.7 cm³/mol. The first-order valence-electron chi connectivity index (χ1n) is 2.67. The van der Waals surface area contributed by atoms with Gasteiger partial charge in [-0.1, -0.05) is 11.6 Å². The quantitative estimate of drug-likeness (QED) is 0.509. The molecule has 0 rings (SSSR count). The van der Waals surface area contributed by atoms with Crippen molar-refractivity contribution in [1.82, 2.24) is 0 Å². The number of carbonyl (C=O) groups excluding carboxylic acids is 1. The van der Waals surface area contributed by atoms with Crippen LogP contribution in [0.2, 0.25) is 0 Å². The Morgan fingerprint density at radius 1 is 1.50 bits per heavy atom. The molecule has 0 aliphatic rings. The second-order valence-electron chi connectivity index (χ2n) is 1.57. The Morgan fingerprint density at radius 2 is 2.00 bits per heavy atom. The minimum atomic E-state index is -0.588. The molecule has 0 heterocycles. The second kappa shape index (κ2) is 5.10. The van der Waals surface area contributed by atoms with E-state index < -0.39 is 10.9 Å². The topological polar surface area (TPSA) is 26.3 Å². The van der Waals surface area contributed by atoms with E-state index in [1.165, 1.54) is 0 Å². The number of hydrogen-bond acceptors (Lipinski definition) is 3. The minimum absolute atomic E-state index is 0.275. The van der Waals surface area contributed by atoms with Gasteiger partial charge in [0.1, 0.15) is 0 Å². The molecule has 2 unspecified atom stereocenters. The molecule has 5 heteroatoms. The van der Waals surface area contributed by atoms with Crippen LogP contribution in [0.25, 0.3) is 0 Å². The standard InChI is InChI=1S/C5H8Cl2O2S/c1-3(6)9-5(8)10-4(2)7/h3-4H,1-2H3. The van der Waals surface area contributed by atoms with Crippen LogP contribution in [-0.2, 0) is 4.74 Å². The fourth-order valence-corrected chi connectivity index (χ4v) is 1.11. The number of thioether (sulfide) groups is 1. The second-order valence-corrected chi connectivity index (χ2v) is 4.38. The van der Waals surface area contributed by atoms with E-state index in [1.54, 1.807) is 13.8 Å². The summed E-state index contributed by atoms with van der Waals surface area (Å²) in [5.41, 5.74) is -0.588. The highest BCUT2D eigenvalue weighted by Gasteiger charge is 2.10. The van der Waals surface area contributed by atoms with Gasteiger partial charge >= 0.3 is 5.30 Å². The summed E-state index contributed by atoms with van der Waals surface area (Å²) in [6.45, 7) is 3.26. The van der Waals surface area contributed by atoms with Gasteiger partial charge in [-0.05, 0) is 25.6 Å². The van der Waals surface area contributed by atoms with E-state index >= 15 is 0 Å². The molecule has 0 aliphatic carbocycles. The summed E-state index contributed by atoms with van der Waals surface area (Å²) >= 11 is 11.7. The number of alkyl halides is 2. The maximum atomic E-state index is 10.6. The van der Waals surface area contributed by atoms with Crippen molar-refractivity contribution in [1.29, 1.82) is 0 Å².